The molecule has 4 rings (SSSR count). The minimum atomic E-state index is -1.19. The van der Waals surface area contributed by atoms with E-state index in [2.05, 4.69) is 33.4 Å². The Hall–Kier alpha value is -2.60. The fraction of sp³-hybridized carbons (Fsp3) is 0.368. The number of hydrogen-bond acceptors (Lipinski definition) is 4. The number of aryl methyl sites for hydroxylation is 1. The van der Waals surface area contributed by atoms with Crippen LogP contribution in [-0.4, -0.2) is 46.6 Å². The van der Waals surface area contributed by atoms with E-state index in [9.17, 15) is 9.59 Å². The van der Waals surface area contributed by atoms with E-state index in [4.69, 9.17) is 5.11 Å². The van der Waals surface area contributed by atoms with Crippen LogP contribution in [0.4, 0.5) is 0 Å². The fourth-order valence-corrected chi connectivity index (χ4v) is 3.96. The zero-order chi connectivity index (χ0) is 17.6. The molecule has 0 spiro atoms. The van der Waals surface area contributed by atoms with Gasteiger partial charge in [-0.1, -0.05) is 31.2 Å². The van der Waals surface area contributed by atoms with Crippen LogP contribution in [0, 0.1) is 5.92 Å². The van der Waals surface area contributed by atoms with Gasteiger partial charge in [-0.2, -0.15) is 0 Å². The molecule has 3 aliphatic rings. The smallest absolute Gasteiger partial charge is 0.341 e. The number of aromatic amines is 1. The first-order valence-electron chi connectivity index (χ1n) is 8.66. The van der Waals surface area contributed by atoms with Gasteiger partial charge in [0.15, 0.2) is 0 Å². The van der Waals surface area contributed by atoms with Crippen molar-refractivity contribution in [2.45, 2.75) is 19.4 Å². The molecule has 0 bridgehead atoms. The average Bonchev–Trinajstić information content (AvgIpc) is 2.98. The van der Waals surface area contributed by atoms with Crippen LogP contribution in [0.1, 0.15) is 28.5 Å². The summed E-state index contributed by atoms with van der Waals surface area (Å²) in [6.45, 7) is 4.86. The van der Waals surface area contributed by atoms with Crippen LogP contribution in [0.2, 0.25) is 0 Å². The van der Waals surface area contributed by atoms with Gasteiger partial charge in [-0.3, -0.25) is 4.79 Å². The van der Waals surface area contributed by atoms with Crippen molar-refractivity contribution in [3.05, 3.63) is 63.2 Å². The lowest BCUT2D eigenvalue weighted by Gasteiger charge is -2.34. The maximum Gasteiger partial charge on any atom is 0.341 e. The molecule has 0 saturated carbocycles. The Bertz CT molecular complexity index is 878. The van der Waals surface area contributed by atoms with Gasteiger partial charge in [-0.05, 0) is 23.6 Å². The highest BCUT2D eigenvalue weighted by molar-refractivity contribution is 5.88. The summed E-state index contributed by atoms with van der Waals surface area (Å²) >= 11 is 0. The second kappa shape index (κ2) is 6.04. The first-order valence-corrected chi connectivity index (χ1v) is 8.66. The number of carboxylic acids is 1. The molecule has 6 nitrogen and oxygen atoms in total. The number of carbonyl (C=O) groups is 1. The number of aromatic nitrogens is 1. The van der Waals surface area contributed by atoms with Crippen molar-refractivity contribution in [3.63, 3.8) is 0 Å². The van der Waals surface area contributed by atoms with Crippen molar-refractivity contribution in [2.75, 3.05) is 19.6 Å². The number of rotatable bonds is 3. The Morgan fingerprint density at radius 3 is 3.00 bits per heavy atom. The number of nitrogens with one attached hydrogen (secondary N) is 2. The number of pyridine rings is 1. The van der Waals surface area contributed by atoms with E-state index in [-0.39, 0.29) is 11.5 Å². The molecule has 2 atom stereocenters. The van der Waals surface area contributed by atoms with Gasteiger partial charge in [0, 0.05) is 31.2 Å². The Balaban J connectivity index is 1.73. The second-order valence-electron chi connectivity index (χ2n) is 6.65. The highest BCUT2D eigenvalue weighted by Crippen LogP contribution is 2.36. The number of H-pyrrole nitrogens is 1. The van der Waals surface area contributed by atoms with E-state index in [1.165, 1.54) is 11.8 Å². The van der Waals surface area contributed by atoms with Crippen molar-refractivity contribution in [2.24, 2.45) is 5.92 Å². The van der Waals surface area contributed by atoms with Gasteiger partial charge < -0.3 is 20.3 Å². The summed E-state index contributed by atoms with van der Waals surface area (Å²) in [5.41, 5.74) is 3.10. The number of aromatic carboxylic acids is 1. The first-order chi connectivity index (χ1) is 12.1. The van der Waals surface area contributed by atoms with Crippen molar-refractivity contribution >= 4 is 11.5 Å². The van der Waals surface area contributed by atoms with Crippen LogP contribution in [0.5, 0.6) is 0 Å². The van der Waals surface area contributed by atoms with E-state index in [1.807, 2.05) is 13.0 Å². The number of hydrogen-bond donors (Lipinski definition) is 3. The molecule has 1 aromatic heterocycles. The van der Waals surface area contributed by atoms with E-state index >= 15 is 0 Å². The first kappa shape index (κ1) is 15.9. The summed E-state index contributed by atoms with van der Waals surface area (Å²) in [4.78, 5) is 28.5. The Labute approximate surface area is 145 Å². The van der Waals surface area contributed by atoms with Crippen molar-refractivity contribution < 1.29 is 9.90 Å². The minimum Gasteiger partial charge on any atom is -0.477 e. The second-order valence-corrected chi connectivity index (χ2v) is 6.65. The van der Waals surface area contributed by atoms with Gasteiger partial charge in [0.05, 0.1) is 11.7 Å². The van der Waals surface area contributed by atoms with E-state index < -0.39 is 11.5 Å². The van der Waals surface area contributed by atoms with E-state index in [0.29, 0.717) is 12.5 Å². The standard InChI is InChI=1S/C19H21N3O3/c1-2-11-9-15(19(24)25)18(23)21-17(11)12-3-4-16-13(7-12)8-14-10-20-5-6-22(14)16/h3-4,7-9,13,16,20H,2,5-6,10H2,1H3,(H,21,23)(H,24,25). The average molecular weight is 339 g/mol. The molecule has 2 unspecified atom stereocenters. The number of fused-ring (bicyclic) bond motifs is 3. The van der Waals surface area contributed by atoms with Crippen molar-refractivity contribution in [1.29, 1.82) is 0 Å². The van der Waals surface area contributed by atoms with Crippen LogP contribution >= 0.6 is 0 Å². The quantitative estimate of drug-likeness (QED) is 0.775. The van der Waals surface area contributed by atoms with Crippen LogP contribution in [-0.2, 0) is 6.42 Å². The highest BCUT2D eigenvalue weighted by Gasteiger charge is 2.34. The number of allylic oxidation sites excluding steroid dienone is 2. The normalized spacial score (nSPS) is 24.4. The Morgan fingerprint density at radius 1 is 1.40 bits per heavy atom. The lowest BCUT2D eigenvalue weighted by atomic mass is 9.89. The lowest BCUT2D eigenvalue weighted by molar-refractivity contribution is 0.0695. The van der Waals surface area contributed by atoms with Gasteiger partial charge in [-0.25, -0.2) is 4.79 Å². The SMILES string of the molecule is CCc1cc(C(=O)O)c(=O)[nH]c1C1=CC2C=C3CNCCN3C2C=C1. The molecule has 1 fully saturated rings. The lowest BCUT2D eigenvalue weighted by Crippen LogP contribution is -2.44. The van der Waals surface area contributed by atoms with Crippen LogP contribution in [0.3, 0.4) is 0 Å². The van der Waals surface area contributed by atoms with Gasteiger partial charge in [0.25, 0.3) is 5.56 Å². The molecule has 1 aromatic rings. The fourth-order valence-electron chi connectivity index (χ4n) is 3.96. The highest BCUT2D eigenvalue weighted by atomic mass is 16.4. The van der Waals surface area contributed by atoms with Crippen LogP contribution < -0.4 is 10.9 Å². The largest absolute Gasteiger partial charge is 0.477 e. The van der Waals surface area contributed by atoms with Gasteiger partial charge in [0.1, 0.15) is 5.56 Å². The molecule has 1 saturated heterocycles. The van der Waals surface area contributed by atoms with E-state index in [1.54, 1.807) is 0 Å². The third-order valence-corrected chi connectivity index (χ3v) is 5.21. The molecule has 2 aliphatic heterocycles. The molecule has 1 aliphatic carbocycles. The summed E-state index contributed by atoms with van der Waals surface area (Å²) < 4.78 is 0. The van der Waals surface area contributed by atoms with Crippen molar-refractivity contribution in [1.82, 2.24) is 15.2 Å². The molecular formula is C19H21N3O3. The number of piperazine rings is 1. The Kier molecular flexibility index (Phi) is 3.84. The molecule has 0 aromatic carbocycles. The molecule has 130 valence electrons. The zero-order valence-electron chi connectivity index (χ0n) is 14.1. The van der Waals surface area contributed by atoms with Crippen molar-refractivity contribution in [3.8, 4) is 0 Å². The molecule has 3 heterocycles. The minimum absolute atomic E-state index is 0.204. The third-order valence-electron chi connectivity index (χ3n) is 5.21. The number of nitrogens with zero attached hydrogens (tertiary/aromatic N) is 1. The molecular weight excluding hydrogens is 318 g/mol. The monoisotopic (exact) mass is 339 g/mol. The summed E-state index contributed by atoms with van der Waals surface area (Å²) in [5, 5.41) is 12.6. The molecule has 6 heteroatoms. The van der Waals surface area contributed by atoms with Crippen LogP contribution in [0.25, 0.3) is 5.57 Å². The predicted molar refractivity (Wildman–Crippen MR) is 95.5 cm³/mol. The zero-order valence-corrected chi connectivity index (χ0v) is 14.1. The third kappa shape index (κ3) is 2.62. The summed E-state index contributed by atoms with van der Waals surface area (Å²) in [6, 6.07) is 1.84. The summed E-state index contributed by atoms with van der Waals surface area (Å²) in [5.74, 6) is -0.914. The van der Waals surface area contributed by atoms with Gasteiger partial charge in [-0.15, -0.1) is 0 Å². The molecule has 0 amide bonds. The van der Waals surface area contributed by atoms with E-state index in [0.717, 1.165) is 36.5 Å². The maximum absolute atomic E-state index is 12.1. The molecule has 3 N–H and O–H groups in total. The maximum atomic E-state index is 12.1. The van der Waals surface area contributed by atoms with Crippen LogP contribution in [0.15, 0.2) is 40.9 Å². The molecule has 0 radical (unpaired) electrons. The summed E-state index contributed by atoms with van der Waals surface area (Å²) in [6.07, 6.45) is 9.36. The number of carboxylic acid groups (broad SMARTS) is 1. The topological polar surface area (TPSA) is 85.4 Å². The van der Waals surface area contributed by atoms with Gasteiger partial charge in [0.2, 0.25) is 0 Å². The predicted octanol–water partition coefficient (Wildman–Crippen LogP) is 1.38. The Morgan fingerprint density at radius 2 is 2.24 bits per heavy atom. The summed E-state index contributed by atoms with van der Waals surface area (Å²) in [7, 11) is 0. The van der Waals surface area contributed by atoms with Gasteiger partial charge >= 0.3 is 5.97 Å². The molecule has 25 heavy (non-hydrogen) atoms.